The number of anilines is 1. The van der Waals surface area contributed by atoms with Gasteiger partial charge in [-0.05, 0) is 48.7 Å². The van der Waals surface area contributed by atoms with E-state index in [-0.39, 0.29) is 23.3 Å². The number of amides is 2. The summed E-state index contributed by atoms with van der Waals surface area (Å²) >= 11 is 0. The zero-order valence-corrected chi connectivity index (χ0v) is 20.3. The zero-order chi connectivity index (χ0) is 25.5. The number of nitrogens with zero attached hydrogens (tertiary/aromatic N) is 3. The second-order valence-corrected chi connectivity index (χ2v) is 8.61. The highest BCUT2D eigenvalue weighted by Gasteiger charge is 2.36. The fourth-order valence-corrected chi connectivity index (χ4v) is 4.51. The molecule has 1 N–H and O–H groups in total. The quantitative estimate of drug-likeness (QED) is 0.499. The minimum Gasteiger partial charge on any atom is -0.493 e. The highest BCUT2D eigenvalue weighted by atomic mass is 19.1. The van der Waals surface area contributed by atoms with E-state index in [0.29, 0.717) is 17.1 Å². The number of hydrogen-bond acceptors (Lipinski definition) is 6. The molecule has 8 nitrogen and oxygen atoms in total. The summed E-state index contributed by atoms with van der Waals surface area (Å²) in [5, 5.41) is 3.12. The molecule has 1 saturated carbocycles. The SMILES string of the molecule is COc1ccc(C(C(=O)NC2CCCCC2)N(C(=O)c2cnccn2)c2cccc(F)c2)cc1OC. The first-order valence-corrected chi connectivity index (χ1v) is 11.9. The molecule has 9 heteroatoms. The number of methoxy groups -OCH3 is 2. The first-order chi connectivity index (χ1) is 17.5. The maximum Gasteiger partial charge on any atom is 0.279 e. The van der Waals surface area contributed by atoms with Gasteiger partial charge in [-0.1, -0.05) is 31.4 Å². The van der Waals surface area contributed by atoms with Gasteiger partial charge in [0.1, 0.15) is 17.6 Å². The third kappa shape index (κ3) is 5.62. The van der Waals surface area contributed by atoms with E-state index in [9.17, 15) is 14.0 Å². The molecule has 4 rings (SSSR count). The molecule has 1 aromatic heterocycles. The fraction of sp³-hybridized carbons (Fsp3) is 0.333. The van der Waals surface area contributed by atoms with E-state index in [4.69, 9.17) is 9.47 Å². The van der Waals surface area contributed by atoms with Gasteiger partial charge < -0.3 is 14.8 Å². The van der Waals surface area contributed by atoms with Crippen LogP contribution in [-0.4, -0.2) is 42.0 Å². The number of nitrogens with one attached hydrogen (secondary N) is 1. The van der Waals surface area contributed by atoms with E-state index in [2.05, 4.69) is 15.3 Å². The molecule has 1 unspecified atom stereocenters. The van der Waals surface area contributed by atoms with Crippen molar-refractivity contribution in [3.63, 3.8) is 0 Å². The molecule has 0 saturated heterocycles. The van der Waals surface area contributed by atoms with E-state index >= 15 is 0 Å². The Bertz CT molecular complexity index is 1200. The molecule has 0 radical (unpaired) electrons. The van der Waals surface area contributed by atoms with E-state index < -0.39 is 17.8 Å². The van der Waals surface area contributed by atoms with Crippen molar-refractivity contribution in [2.75, 3.05) is 19.1 Å². The molecule has 0 spiro atoms. The molecular formula is C27H29FN4O4. The molecule has 188 valence electrons. The van der Waals surface area contributed by atoms with E-state index in [1.165, 1.54) is 55.9 Å². The van der Waals surface area contributed by atoms with Gasteiger partial charge in [0.25, 0.3) is 5.91 Å². The number of aromatic nitrogens is 2. The molecule has 2 amide bonds. The molecule has 3 aromatic rings. The second kappa shape index (κ2) is 11.6. The van der Waals surface area contributed by atoms with Crippen molar-refractivity contribution in [2.24, 2.45) is 0 Å². The lowest BCUT2D eigenvalue weighted by molar-refractivity contribution is -0.123. The molecule has 1 heterocycles. The van der Waals surface area contributed by atoms with Crippen LogP contribution in [0, 0.1) is 5.82 Å². The predicted molar refractivity (Wildman–Crippen MR) is 133 cm³/mol. The Morgan fingerprint density at radius 1 is 1.03 bits per heavy atom. The molecule has 36 heavy (non-hydrogen) atoms. The first-order valence-electron chi connectivity index (χ1n) is 11.9. The maximum absolute atomic E-state index is 14.3. The largest absolute Gasteiger partial charge is 0.493 e. The van der Waals surface area contributed by atoms with E-state index in [0.717, 1.165) is 32.1 Å². The van der Waals surface area contributed by atoms with Gasteiger partial charge in [0.15, 0.2) is 11.5 Å². The summed E-state index contributed by atoms with van der Waals surface area (Å²) in [6.45, 7) is 0. The number of rotatable bonds is 8. The molecule has 0 aliphatic heterocycles. The van der Waals surface area contributed by atoms with Crippen LogP contribution in [0.1, 0.15) is 54.2 Å². The Kier molecular flexibility index (Phi) is 8.10. The minimum absolute atomic E-state index is 0.00475. The average Bonchev–Trinajstić information content (AvgIpc) is 2.92. The van der Waals surface area contributed by atoms with Gasteiger partial charge in [-0.25, -0.2) is 9.37 Å². The number of ether oxygens (including phenoxy) is 2. The predicted octanol–water partition coefficient (Wildman–Crippen LogP) is 4.47. The van der Waals surface area contributed by atoms with Crippen molar-refractivity contribution >= 4 is 17.5 Å². The lowest BCUT2D eigenvalue weighted by atomic mass is 9.94. The maximum atomic E-state index is 14.3. The van der Waals surface area contributed by atoms with Gasteiger partial charge in [0.2, 0.25) is 5.91 Å². The monoisotopic (exact) mass is 492 g/mol. The fourth-order valence-electron chi connectivity index (χ4n) is 4.51. The Morgan fingerprint density at radius 2 is 1.81 bits per heavy atom. The van der Waals surface area contributed by atoms with Crippen LogP contribution in [0.25, 0.3) is 0 Å². The number of halogens is 1. The van der Waals surface area contributed by atoms with Crippen LogP contribution < -0.4 is 19.7 Å². The number of hydrogen-bond donors (Lipinski definition) is 1. The van der Waals surface area contributed by atoms with Crippen molar-refractivity contribution in [3.8, 4) is 11.5 Å². The third-order valence-electron chi connectivity index (χ3n) is 6.27. The van der Waals surface area contributed by atoms with Crippen LogP contribution in [0.3, 0.4) is 0 Å². The first kappa shape index (κ1) is 25.1. The van der Waals surface area contributed by atoms with Crippen molar-refractivity contribution in [3.05, 3.63) is 78.1 Å². The second-order valence-electron chi connectivity index (χ2n) is 8.61. The molecule has 1 fully saturated rings. The Morgan fingerprint density at radius 3 is 2.47 bits per heavy atom. The van der Waals surface area contributed by atoms with Crippen LogP contribution in [0.15, 0.2) is 61.1 Å². The minimum atomic E-state index is -1.14. The van der Waals surface area contributed by atoms with Crippen molar-refractivity contribution < 1.29 is 23.5 Å². The molecule has 2 aromatic carbocycles. The number of carbonyl (C=O) groups excluding carboxylic acids is 2. The van der Waals surface area contributed by atoms with Crippen molar-refractivity contribution in [2.45, 2.75) is 44.2 Å². The van der Waals surface area contributed by atoms with Gasteiger partial charge in [0.05, 0.1) is 20.4 Å². The number of benzene rings is 2. The Balaban J connectivity index is 1.85. The lowest BCUT2D eigenvalue weighted by Gasteiger charge is -2.33. The van der Waals surface area contributed by atoms with Gasteiger partial charge >= 0.3 is 0 Å². The smallest absolute Gasteiger partial charge is 0.279 e. The molecule has 1 aliphatic rings. The summed E-state index contributed by atoms with van der Waals surface area (Å²) in [5.41, 5.74) is 0.712. The summed E-state index contributed by atoms with van der Waals surface area (Å²) < 4.78 is 25.2. The summed E-state index contributed by atoms with van der Waals surface area (Å²) in [6.07, 6.45) is 9.07. The molecular weight excluding hydrogens is 463 g/mol. The summed E-state index contributed by atoms with van der Waals surface area (Å²) in [4.78, 5) is 37.1. The normalized spacial score (nSPS) is 14.5. The summed E-state index contributed by atoms with van der Waals surface area (Å²) in [6, 6.07) is 9.45. The Hall–Kier alpha value is -4.01. The summed E-state index contributed by atoms with van der Waals surface area (Å²) in [5.74, 6) is -0.632. The van der Waals surface area contributed by atoms with Crippen molar-refractivity contribution in [1.82, 2.24) is 15.3 Å². The highest BCUT2D eigenvalue weighted by Crippen LogP contribution is 2.35. The van der Waals surface area contributed by atoms with Crippen molar-refractivity contribution in [1.29, 1.82) is 0 Å². The molecule has 0 bridgehead atoms. The van der Waals surface area contributed by atoms with Crippen LogP contribution >= 0.6 is 0 Å². The average molecular weight is 493 g/mol. The standard InChI is InChI=1S/C27H29FN4O4/c1-35-23-12-11-18(15-24(23)36-2)25(26(33)31-20-8-4-3-5-9-20)32(21-10-6-7-19(28)16-21)27(34)22-17-29-13-14-30-22/h6-7,10-17,20,25H,3-5,8-9H2,1-2H3,(H,31,33). The van der Waals surface area contributed by atoms with Crippen LogP contribution in [0.4, 0.5) is 10.1 Å². The lowest BCUT2D eigenvalue weighted by Crippen LogP contribution is -2.47. The highest BCUT2D eigenvalue weighted by molar-refractivity contribution is 6.09. The van der Waals surface area contributed by atoms with E-state index in [1.54, 1.807) is 24.3 Å². The van der Waals surface area contributed by atoms with Gasteiger partial charge in [-0.3, -0.25) is 19.5 Å². The van der Waals surface area contributed by atoms with Gasteiger partial charge in [-0.15, -0.1) is 0 Å². The van der Waals surface area contributed by atoms with Gasteiger partial charge in [0, 0.05) is 24.1 Å². The van der Waals surface area contributed by atoms with Crippen LogP contribution in [0.5, 0.6) is 11.5 Å². The zero-order valence-electron chi connectivity index (χ0n) is 20.3. The Labute approximate surface area is 209 Å². The number of carbonyl (C=O) groups is 2. The molecule has 1 aliphatic carbocycles. The van der Waals surface area contributed by atoms with E-state index in [1.807, 2.05) is 0 Å². The molecule has 1 atom stereocenters. The summed E-state index contributed by atoms with van der Waals surface area (Å²) in [7, 11) is 3.01. The van der Waals surface area contributed by atoms with Gasteiger partial charge in [-0.2, -0.15) is 0 Å². The van der Waals surface area contributed by atoms with Crippen LogP contribution in [0.2, 0.25) is 0 Å². The third-order valence-corrected chi connectivity index (χ3v) is 6.27. The topological polar surface area (TPSA) is 93.7 Å². The van der Waals surface area contributed by atoms with Crippen LogP contribution in [-0.2, 0) is 4.79 Å².